The molecular weight excluding hydrogens is 436 g/mol. The van der Waals surface area contributed by atoms with Gasteiger partial charge in [-0.25, -0.2) is 0 Å². The fraction of sp³-hybridized carbons (Fsp3) is 0.806. The average molecular weight is 485 g/mol. The predicted octanol–water partition coefficient (Wildman–Crippen LogP) is 7.28. The molecule has 35 heavy (non-hydrogen) atoms. The molecule has 0 aliphatic heterocycles. The second kappa shape index (κ2) is 10.1. The van der Waals surface area contributed by atoms with Crippen molar-refractivity contribution in [2.24, 2.45) is 46.3 Å². The fourth-order valence-corrected chi connectivity index (χ4v) is 8.95. The fourth-order valence-electron chi connectivity index (χ4n) is 8.95. The van der Waals surface area contributed by atoms with Gasteiger partial charge in [-0.1, -0.05) is 63.8 Å². The molecule has 0 aromatic rings. The van der Waals surface area contributed by atoms with E-state index in [-0.39, 0.29) is 34.6 Å². The van der Waals surface area contributed by atoms with E-state index in [1.54, 1.807) is 18.3 Å². The lowest BCUT2D eigenvalue weighted by atomic mass is 9.48. The molecule has 4 nitrogen and oxygen atoms in total. The van der Waals surface area contributed by atoms with Gasteiger partial charge in [0.1, 0.15) is 0 Å². The van der Waals surface area contributed by atoms with Crippen LogP contribution in [0.4, 0.5) is 0 Å². The number of carbonyl (C=O) groups is 2. The standard InChI is InChI=1S/C31H48O4/c1-19(2)9-8-10-25(29(33)35-7)27-16-18-31(5)26-14-13-21-20(3)22(28(32)34-6)11-12-23(21)24(26)15-17-30(27,31)4/h19,21-23,25,27H,3,8-18H2,1-2,4-7H3/t21-,22-,23-,25-,27-,30-,31+/m0/s1. The summed E-state index contributed by atoms with van der Waals surface area (Å²) in [5, 5.41) is 0. The van der Waals surface area contributed by atoms with Crippen molar-refractivity contribution in [1.82, 2.24) is 0 Å². The Morgan fingerprint density at radius 2 is 1.71 bits per heavy atom. The van der Waals surface area contributed by atoms with Gasteiger partial charge in [0.05, 0.1) is 26.1 Å². The topological polar surface area (TPSA) is 52.6 Å². The summed E-state index contributed by atoms with van der Waals surface area (Å²) in [5.74, 6) is 1.79. The number of methoxy groups -OCH3 is 2. The van der Waals surface area contributed by atoms with Crippen molar-refractivity contribution < 1.29 is 19.1 Å². The summed E-state index contributed by atoms with van der Waals surface area (Å²) in [6.07, 6.45) is 11.9. The molecule has 4 aliphatic rings. The van der Waals surface area contributed by atoms with E-state index in [9.17, 15) is 9.59 Å². The molecule has 0 unspecified atom stereocenters. The predicted molar refractivity (Wildman–Crippen MR) is 139 cm³/mol. The smallest absolute Gasteiger partial charge is 0.312 e. The van der Waals surface area contributed by atoms with Gasteiger partial charge in [-0.3, -0.25) is 9.59 Å². The molecule has 4 rings (SSSR count). The number of rotatable bonds is 7. The molecule has 0 aromatic heterocycles. The van der Waals surface area contributed by atoms with Crippen LogP contribution in [0.3, 0.4) is 0 Å². The van der Waals surface area contributed by atoms with Gasteiger partial charge in [0.25, 0.3) is 0 Å². The molecule has 0 amide bonds. The van der Waals surface area contributed by atoms with Gasteiger partial charge in [-0.15, -0.1) is 0 Å². The number of fused-ring (bicyclic) bond motifs is 4. The summed E-state index contributed by atoms with van der Waals surface area (Å²) >= 11 is 0. The zero-order chi connectivity index (χ0) is 25.5. The third-order valence-electron chi connectivity index (χ3n) is 11.1. The van der Waals surface area contributed by atoms with E-state index in [0.29, 0.717) is 23.7 Å². The molecular formula is C31H48O4. The van der Waals surface area contributed by atoms with Crippen molar-refractivity contribution in [3.05, 3.63) is 23.3 Å². The van der Waals surface area contributed by atoms with Gasteiger partial charge >= 0.3 is 11.9 Å². The summed E-state index contributed by atoms with van der Waals surface area (Å²) < 4.78 is 10.5. The molecule has 7 atom stereocenters. The first-order valence-corrected chi connectivity index (χ1v) is 14.2. The van der Waals surface area contributed by atoms with E-state index >= 15 is 0 Å². The first-order valence-electron chi connectivity index (χ1n) is 14.2. The van der Waals surface area contributed by atoms with Gasteiger partial charge in [0.2, 0.25) is 0 Å². The molecule has 0 spiro atoms. The van der Waals surface area contributed by atoms with Crippen molar-refractivity contribution in [2.75, 3.05) is 14.2 Å². The molecule has 2 saturated carbocycles. The highest BCUT2D eigenvalue weighted by Gasteiger charge is 2.61. The van der Waals surface area contributed by atoms with Crippen LogP contribution < -0.4 is 0 Å². The first-order chi connectivity index (χ1) is 16.6. The monoisotopic (exact) mass is 484 g/mol. The van der Waals surface area contributed by atoms with E-state index in [0.717, 1.165) is 63.4 Å². The minimum atomic E-state index is -0.129. The Bertz CT molecular complexity index is 884. The van der Waals surface area contributed by atoms with Gasteiger partial charge in [-0.2, -0.15) is 0 Å². The molecule has 0 aromatic carbocycles. The summed E-state index contributed by atoms with van der Waals surface area (Å²) in [7, 11) is 3.06. The first kappa shape index (κ1) is 26.5. The van der Waals surface area contributed by atoms with Crippen LogP contribution >= 0.6 is 0 Å². The number of ether oxygens (including phenoxy) is 2. The van der Waals surface area contributed by atoms with Crippen molar-refractivity contribution in [2.45, 2.75) is 98.3 Å². The molecule has 196 valence electrons. The summed E-state index contributed by atoms with van der Waals surface area (Å²) in [6, 6.07) is 0. The minimum Gasteiger partial charge on any atom is -0.469 e. The summed E-state index contributed by atoms with van der Waals surface area (Å²) in [6.45, 7) is 13.9. The second-order valence-electron chi connectivity index (χ2n) is 12.8. The largest absolute Gasteiger partial charge is 0.469 e. The molecule has 2 fully saturated rings. The van der Waals surface area contributed by atoms with E-state index in [2.05, 4.69) is 34.3 Å². The molecule has 0 N–H and O–H groups in total. The van der Waals surface area contributed by atoms with Crippen LogP contribution in [0.2, 0.25) is 0 Å². The second-order valence-corrected chi connectivity index (χ2v) is 12.8. The summed E-state index contributed by atoms with van der Waals surface area (Å²) in [5.41, 5.74) is 4.78. The maximum Gasteiger partial charge on any atom is 0.312 e. The molecule has 0 bridgehead atoms. The highest BCUT2D eigenvalue weighted by molar-refractivity contribution is 5.76. The zero-order valence-corrected chi connectivity index (χ0v) is 23.1. The SMILES string of the molecule is C=C1[C@@H](C(=O)OC)CC[C@@H]2C3=C(CC[C@@H]12)[C@@]1(C)CC[C@@H]([C@H](CCCC(C)C)C(=O)OC)[C@]1(C)CC3. The maximum atomic E-state index is 13.0. The normalized spacial score (nSPS) is 37.4. The van der Waals surface area contributed by atoms with Crippen LogP contribution in [0.25, 0.3) is 0 Å². The number of hydrogen-bond acceptors (Lipinski definition) is 4. The van der Waals surface area contributed by atoms with Gasteiger partial charge < -0.3 is 9.47 Å². The Hall–Kier alpha value is -1.58. The molecule has 0 heterocycles. The Morgan fingerprint density at radius 3 is 2.37 bits per heavy atom. The Labute approximate surface area is 213 Å². The average Bonchev–Trinajstić information content (AvgIpc) is 3.12. The summed E-state index contributed by atoms with van der Waals surface area (Å²) in [4.78, 5) is 25.4. The van der Waals surface area contributed by atoms with Crippen molar-refractivity contribution >= 4 is 11.9 Å². The molecule has 4 heteroatoms. The van der Waals surface area contributed by atoms with Crippen molar-refractivity contribution in [3.8, 4) is 0 Å². The van der Waals surface area contributed by atoms with Crippen LogP contribution in [-0.2, 0) is 19.1 Å². The van der Waals surface area contributed by atoms with Crippen molar-refractivity contribution in [3.63, 3.8) is 0 Å². The zero-order valence-electron chi connectivity index (χ0n) is 23.1. The lowest BCUT2D eigenvalue weighted by Gasteiger charge is -2.56. The molecule has 0 saturated heterocycles. The quantitative estimate of drug-likeness (QED) is 0.281. The van der Waals surface area contributed by atoms with Crippen LogP contribution in [0.15, 0.2) is 23.3 Å². The number of allylic oxidation sites excluding steroid dienone is 2. The van der Waals surface area contributed by atoms with E-state index in [4.69, 9.17) is 9.47 Å². The highest BCUT2D eigenvalue weighted by atomic mass is 16.5. The third kappa shape index (κ3) is 4.31. The van der Waals surface area contributed by atoms with Gasteiger partial charge in [0.15, 0.2) is 0 Å². The molecule has 4 aliphatic carbocycles. The maximum absolute atomic E-state index is 13.0. The number of esters is 2. The number of carbonyl (C=O) groups excluding carboxylic acids is 2. The lowest BCUT2D eigenvalue weighted by molar-refractivity contribution is -0.150. The van der Waals surface area contributed by atoms with Crippen molar-refractivity contribution in [1.29, 1.82) is 0 Å². The Balaban J connectivity index is 1.60. The Kier molecular flexibility index (Phi) is 7.61. The lowest BCUT2D eigenvalue weighted by Crippen LogP contribution is -2.48. The number of hydrogen-bond donors (Lipinski definition) is 0. The van der Waals surface area contributed by atoms with Crippen LogP contribution in [0.1, 0.15) is 98.3 Å². The Morgan fingerprint density at radius 1 is 0.971 bits per heavy atom. The third-order valence-corrected chi connectivity index (χ3v) is 11.1. The van der Waals surface area contributed by atoms with Crippen LogP contribution in [-0.4, -0.2) is 26.2 Å². The van der Waals surface area contributed by atoms with Gasteiger partial charge in [-0.05, 0) is 92.3 Å². The van der Waals surface area contributed by atoms with E-state index < -0.39 is 0 Å². The highest BCUT2D eigenvalue weighted by Crippen LogP contribution is 2.70. The van der Waals surface area contributed by atoms with E-state index in [1.165, 1.54) is 20.0 Å². The van der Waals surface area contributed by atoms with Crippen LogP contribution in [0.5, 0.6) is 0 Å². The minimum absolute atomic E-state index is 0.00477. The van der Waals surface area contributed by atoms with Gasteiger partial charge in [0, 0.05) is 0 Å². The van der Waals surface area contributed by atoms with E-state index in [1.807, 2.05) is 0 Å². The van der Waals surface area contributed by atoms with Crippen LogP contribution in [0, 0.1) is 46.3 Å². The molecule has 0 radical (unpaired) electrons.